The van der Waals surface area contributed by atoms with E-state index in [1.165, 1.54) is 17.0 Å². The first-order chi connectivity index (χ1) is 14.4. The number of aliphatic hydroxyl groups is 1. The molecule has 3 aromatic rings. The molecule has 1 fully saturated rings. The van der Waals surface area contributed by atoms with Gasteiger partial charge in [0, 0.05) is 24.8 Å². The summed E-state index contributed by atoms with van der Waals surface area (Å²) >= 11 is 0. The van der Waals surface area contributed by atoms with Crippen molar-refractivity contribution in [3.05, 3.63) is 72.2 Å². The maximum atomic E-state index is 13.4. The number of rotatable bonds is 4. The van der Waals surface area contributed by atoms with Crippen molar-refractivity contribution in [3.8, 4) is 16.9 Å². The summed E-state index contributed by atoms with van der Waals surface area (Å²) in [5.41, 5.74) is 1.98. The average Bonchev–Trinajstić information content (AvgIpc) is 3.20. The highest BCUT2D eigenvalue weighted by Crippen LogP contribution is 2.27. The second kappa shape index (κ2) is 8.08. The fraction of sp³-hybridized carbons (Fsp3) is 0.227. The van der Waals surface area contributed by atoms with E-state index in [9.17, 15) is 24.2 Å². The summed E-state index contributed by atoms with van der Waals surface area (Å²) in [6.45, 7) is 0.151. The van der Waals surface area contributed by atoms with E-state index in [1.54, 1.807) is 23.0 Å². The number of para-hydroxylation sites is 1. The van der Waals surface area contributed by atoms with Crippen molar-refractivity contribution in [2.24, 2.45) is 5.92 Å². The zero-order chi connectivity index (χ0) is 21.3. The molecule has 8 heteroatoms. The van der Waals surface area contributed by atoms with Gasteiger partial charge in [-0.1, -0.05) is 18.2 Å². The Hall–Kier alpha value is -3.52. The van der Waals surface area contributed by atoms with Crippen molar-refractivity contribution >= 4 is 11.9 Å². The molecule has 2 N–H and O–H groups in total. The summed E-state index contributed by atoms with van der Waals surface area (Å²) < 4.78 is 15.0. The van der Waals surface area contributed by atoms with Gasteiger partial charge < -0.3 is 15.1 Å². The Bertz CT molecular complexity index is 1070. The zero-order valence-electron chi connectivity index (χ0n) is 16.0. The molecule has 0 radical (unpaired) electrons. The second-order valence-electron chi connectivity index (χ2n) is 7.23. The standard InChI is InChI=1S/C22H20FN3O4/c23-15-8-6-14(7-9-15)20-18(13-26(24-20)16-4-2-1-3-5-16)21(28)25-11-10-19(27)17(12-25)22(29)30/h1-9,13,17,19,27H,10-12H2,(H,29,30)/t17-,19+/m1/s1. The number of aliphatic carboxylic acids is 1. The average molecular weight is 409 g/mol. The van der Waals surface area contributed by atoms with Crippen LogP contribution in [0.4, 0.5) is 4.39 Å². The lowest BCUT2D eigenvalue weighted by Gasteiger charge is -2.34. The number of aromatic nitrogens is 2. The molecule has 2 atom stereocenters. The first-order valence-corrected chi connectivity index (χ1v) is 9.55. The van der Waals surface area contributed by atoms with Crippen molar-refractivity contribution < 1.29 is 24.2 Å². The third-order valence-electron chi connectivity index (χ3n) is 5.26. The van der Waals surface area contributed by atoms with Crippen molar-refractivity contribution in [2.45, 2.75) is 12.5 Å². The Labute approximate surface area is 172 Å². The van der Waals surface area contributed by atoms with Crippen LogP contribution < -0.4 is 0 Å². The number of aliphatic hydroxyl groups excluding tert-OH is 1. The largest absolute Gasteiger partial charge is 0.481 e. The molecular formula is C22H20FN3O4. The molecule has 0 saturated carbocycles. The topological polar surface area (TPSA) is 95.7 Å². The molecule has 1 aliphatic heterocycles. The molecule has 154 valence electrons. The normalized spacial score (nSPS) is 18.9. The van der Waals surface area contributed by atoms with E-state index >= 15 is 0 Å². The lowest BCUT2D eigenvalue weighted by Crippen LogP contribution is -2.48. The SMILES string of the molecule is O=C(O)[C@@H]1CN(C(=O)c2cn(-c3ccccc3)nc2-c2ccc(F)cc2)CC[C@@H]1O. The van der Waals surface area contributed by atoms with E-state index in [0.717, 1.165) is 5.69 Å². The third kappa shape index (κ3) is 3.81. The van der Waals surface area contributed by atoms with Crippen molar-refractivity contribution in [2.75, 3.05) is 13.1 Å². The van der Waals surface area contributed by atoms with Crippen LogP contribution in [-0.2, 0) is 4.79 Å². The molecule has 1 aliphatic rings. The van der Waals surface area contributed by atoms with Gasteiger partial charge in [-0.15, -0.1) is 0 Å². The van der Waals surface area contributed by atoms with Crippen LogP contribution in [0.15, 0.2) is 60.8 Å². The number of nitrogens with zero attached hydrogens (tertiary/aromatic N) is 3. The van der Waals surface area contributed by atoms with Crippen LogP contribution in [0.5, 0.6) is 0 Å². The van der Waals surface area contributed by atoms with Crippen LogP contribution in [0, 0.1) is 11.7 Å². The predicted molar refractivity (Wildman–Crippen MR) is 107 cm³/mol. The van der Waals surface area contributed by atoms with E-state index in [1.807, 2.05) is 30.3 Å². The van der Waals surface area contributed by atoms with Gasteiger partial charge in [0.05, 0.1) is 17.4 Å². The van der Waals surface area contributed by atoms with Gasteiger partial charge >= 0.3 is 5.97 Å². The van der Waals surface area contributed by atoms with Crippen LogP contribution in [-0.4, -0.2) is 56.0 Å². The highest BCUT2D eigenvalue weighted by Gasteiger charge is 2.36. The second-order valence-corrected chi connectivity index (χ2v) is 7.23. The number of hydrogen-bond donors (Lipinski definition) is 2. The lowest BCUT2D eigenvalue weighted by atomic mass is 9.94. The Balaban J connectivity index is 1.74. The zero-order valence-corrected chi connectivity index (χ0v) is 16.0. The van der Waals surface area contributed by atoms with Gasteiger partial charge in [0.25, 0.3) is 5.91 Å². The molecule has 2 heterocycles. The Morgan fingerprint density at radius 2 is 1.77 bits per heavy atom. The van der Waals surface area contributed by atoms with Gasteiger partial charge in [0.2, 0.25) is 0 Å². The van der Waals surface area contributed by atoms with Crippen LogP contribution in [0.2, 0.25) is 0 Å². The van der Waals surface area contributed by atoms with Gasteiger partial charge in [0.15, 0.2) is 0 Å². The van der Waals surface area contributed by atoms with E-state index in [-0.39, 0.29) is 31.0 Å². The predicted octanol–water partition coefficient (Wildman–Crippen LogP) is 2.59. The van der Waals surface area contributed by atoms with Gasteiger partial charge in [0.1, 0.15) is 17.4 Å². The summed E-state index contributed by atoms with van der Waals surface area (Å²) in [7, 11) is 0. The van der Waals surface area contributed by atoms with Gasteiger partial charge in [-0.25, -0.2) is 9.07 Å². The third-order valence-corrected chi connectivity index (χ3v) is 5.26. The van der Waals surface area contributed by atoms with Crippen LogP contribution >= 0.6 is 0 Å². The number of hydrogen-bond acceptors (Lipinski definition) is 4. The fourth-order valence-corrected chi connectivity index (χ4v) is 3.60. The summed E-state index contributed by atoms with van der Waals surface area (Å²) in [6.07, 6.45) is 0.786. The first kappa shape index (κ1) is 19.8. The number of benzene rings is 2. The van der Waals surface area contributed by atoms with E-state index in [2.05, 4.69) is 5.10 Å². The van der Waals surface area contributed by atoms with Gasteiger partial charge in [-0.2, -0.15) is 5.10 Å². The number of carbonyl (C=O) groups is 2. The van der Waals surface area contributed by atoms with Crippen molar-refractivity contribution in [1.82, 2.24) is 14.7 Å². The monoisotopic (exact) mass is 409 g/mol. The van der Waals surface area contributed by atoms with Crippen molar-refractivity contribution in [3.63, 3.8) is 0 Å². The number of halogens is 1. The summed E-state index contributed by atoms with van der Waals surface area (Å²) in [6, 6.07) is 14.9. The maximum Gasteiger partial charge on any atom is 0.310 e. The summed E-state index contributed by atoms with van der Waals surface area (Å²) in [5.74, 6) is -2.96. The summed E-state index contributed by atoms with van der Waals surface area (Å²) in [5, 5.41) is 23.8. The number of carboxylic acid groups (broad SMARTS) is 1. The number of carbonyl (C=O) groups excluding carboxylic acids is 1. The molecule has 1 aromatic heterocycles. The maximum absolute atomic E-state index is 13.4. The van der Waals surface area contributed by atoms with Gasteiger partial charge in [-0.05, 0) is 42.8 Å². The van der Waals surface area contributed by atoms with Crippen LogP contribution in [0.1, 0.15) is 16.8 Å². The number of likely N-dealkylation sites (tertiary alicyclic amines) is 1. The highest BCUT2D eigenvalue weighted by atomic mass is 19.1. The number of piperidine rings is 1. The molecule has 0 unspecified atom stereocenters. The minimum atomic E-state index is -1.14. The number of amides is 1. The molecular weight excluding hydrogens is 389 g/mol. The molecule has 7 nitrogen and oxygen atoms in total. The number of carboxylic acids is 1. The summed E-state index contributed by atoms with van der Waals surface area (Å²) in [4.78, 5) is 26.2. The van der Waals surface area contributed by atoms with E-state index in [4.69, 9.17) is 0 Å². The first-order valence-electron chi connectivity index (χ1n) is 9.55. The Morgan fingerprint density at radius 1 is 1.07 bits per heavy atom. The van der Waals surface area contributed by atoms with E-state index < -0.39 is 23.8 Å². The van der Waals surface area contributed by atoms with Crippen LogP contribution in [0.3, 0.4) is 0 Å². The lowest BCUT2D eigenvalue weighted by molar-refractivity contribution is -0.148. The molecule has 0 aliphatic carbocycles. The quantitative estimate of drug-likeness (QED) is 0.691. The molecule has 1 saturated heterocycles. The van der Waals surface area contributed by atoms with E-state index in [0.29, 0.717) is 11.3 Å². The van der Waals surface area contributed by atoms with Gasteiger partial charge in [-0.3, -0.25) is 9.59 Å². The molecule has 0 bridgehead atoms. The molecule has 2 aromatic carbocycles. The molecule has 30 heavy (non-hydrogen) atoms. The van der Waals surface area contributed by atoms with Crippen molar-refractivity contribution in [1.29, 1.82) is 0 Å². The van der Waals surface area contributed by atoms with Crippen LogP contribution in [0.25, 0.3) is 16.9 Å². The molecule has 4 rings (SSSR count). The fourth-order valence-electron chi connectivity index (χ4n) is 3.60. The molecule has 0 spiro atoms. The Kier molecular flexibility index (Phi) is 5.33. The smallest absolute Gasteiger partial charge is 0.310 e. The minimum Gasteiger partial charge on any atom is -0.481 e. The molecule has 1 amide bonds. The highest BCUT2D eigenvalue weighted by molar-refractivity contribution is 6.00. The Morgan fingerprint density at radius 3 is 2.43 bits per heavy atom. The minimum absolute atomic E-state index is 0.0886.